The van der Waals surface area contributed by atoms with E-state index < -0.39 is 0 Å². The summed E-state index contributed by atoms with van der Waals surface area (Å²) in [4.78, 5) is 19.4. The molecule has 0 saturated heterocycles. The smallest absolute Gasteiger partial charge is 0.293 e. The molecule has 0 radical (unpaired) electrons. The molecule has 0 atom stereocenters. The number of anilines is 1. The van der Waals surface area contributed by atoms with E-state index in [1.165, 1.54) is 6.07 Å². The maximum Gasteiger partial charge on any atom is 0.293 e. The average molecular weight is 351 g/mol. The van der Waals surface area contributed by atoms with Crippen LogP contribution in [0.4, 0.5) is 11.4 Å². The highest BCUT2D eigenvalue weighted by Crippen LogP contribution is 2.33. The summed E-state index contributed by atoms with van der Waals surface area (Å²) in [6.45, 7) is 0. The summed E-state index contributed by atoms with van der Waals surface area (Å²) in [6.07, 6.45) is 7.67. The molecule has 2 heterocycles. The first-order valence-corrected chi connectivity index (χ1v) is 8.50. The van der Waals surface area contributed by atoms with Crippen LogP contribution in [0.1, 0.15) is 25.7 Å². The Labute approximate surface area is 149 Å². The van der Waals surface area contributed by atoms with E-state index in [-0.39, 0.29) is 16.5 Å². The molecule has 0 aliphatic heterocycles. The number of nitro benzene ring substituents is 1. The highest BCUT2D eigenvalue weighted by atomic mass is 16.6. The van der Waals surface area contributed by atoms with Gasteiger partial charge >= 0.3 is 0 Å². The maximum atomic E-state index is 11.5. The SMILES string of the molecule is O=[N+]([O-])c1cc(-c2nc(-c3ccncc3)no2)ccc1NC1CCCC1. The van der Waals surface area contributed by atoms with Crippen LogP contribution in [0.2, 0.25) is 0 Å². The predicted octanol–water partition coefficient (Wildman–Crippen LogP) is 4.06. The molecule has 1 N–H and O–H groups in total. The normalized spacial score (nSPS) is 14.5. The van der Waals surface area contributed by atoms with Crippen molar-refractivity contribution in [2.75, 3.05) is 5.32 Å². The lowest BCUT2D eigenvalue weighted by Crippen LogP contribution is -2.15. The Morgan fingerprint density at radius 3 is 2.62 bits per heavy atom. The van der Waals surface area contributed by atoms with E-state index in [4.69, 9.17) is 4.52 Å². The quantitative estimate of drug-likeness (QED) is 0.545. The number of nitrogens with zero attached hydrogens (tertiary/aromatic N) is 4. The van der Waals surface area contributed by atoms with E-state index in [1.54, 1.807) is 36.7 Å². The molecular formula is C18H17N5O3. The minimum atomic E-state index is -0.388. The van der Waals surface area contributed by atoms with Gasteiger partial charge in [0.2, 0.25) is 5.82 Å². The zero-order valence-electron chi connectivity index (χ0n) is 14.0. The van der Waals surface area contributed by atoms with Crippen molar-refractivity contribution in [1.29, 1.82) is 0 Å². The van der Waals surface area contributed by atoms with E-state index in [0.29, 0.717) is 23.1 Å². The van der Waals surface area contributed by atoms with Gasteiger partial charge in [0.05, 0.1) is 4.92 Å². The van der Waals surface area contributed by atoms with Crippen LogP contribution in [0.15, 0.2) is 47.2 Å². The van der Waals surface area contributed by atoms with Crippen LogP contribution in [-0.2, 0) is 0 Å². The molecule has 3 aromatic rings. The van der Waals surface area contributed by atoms with Gasteiger partial charge in [-0.25, -0.2) is 0 Å². The third-order valence-corrected chi connectivity index (χ3v) is 4.52. The lowest BCUT2D eigenvalue weighted by Gasteiger charge is -2.13. The summed E-state index contributed by atoms with van der Waals surface area (Å²) in [5.41, 5.74) is 1.82. The van der Waals surface area contributed by atoms with Crippen molar-refractivity contribution in [1.82, 2.24) is 15.1 Å². The number of benzene rings is 1. The van der Waals surface area contributed by atoms with Gasteiger partial charge in [0.25, 0.3) is 11.6 Å². The second kappa shape index (κ2) is 6.91. The molecule has 8 heteroatoms. The van der Waals surface area contributed by atoms with Crippen molar-refractivity contribution < 1.29 is 9.45 Å². The van der Waals surface area contributed by atoms with Crippen LogP contribution >= 0.6 is 0 Å². The van der Waals surface area contributed by atoms with Gasteiger partial charge in [0.15, 0.2) is 0 Å². The van der Waals surface area contributed by atoms with Crippen LogP contribution in [-0.4, -0.2) is 26.1 Å². The van der Waals surface area contributed by atoms with Crippen LogP contribution in [0.5, 0.6) is 0 Å². The van der Waals surface area contributed by atoms with Gasteiger partial charge in [-0.1, -0.05) is 18.0 Å². The molecule has 0 unspecified atom stereocenters. The van der Waals surface area contributed by atoms with Crippen molar-refractivity contribution in [2.45, 2.75) is 31.7 Å². The molecule has 0 amide bonds. The zero-order valence-corrected chi connectivity index (χ0v) is 14.0. The first-order chi connectivity index (χ1) is 12.7. The van der Waals surface area contributed by atoms with Crippen LogP contribution in [0.25, 0.3) is 22.8 Å². The Hall–Kier alpha value is -3.29. The lowest BCUT2D eigenvalue weighted by molar-refractivity contribution is -0.383. The van der Waals surface area contributed by atoms with Crippen LogP contribution in [0.3, 0.4) is 0 Å². The van der Waals surface area contributed by atoms with Gasteiger partial charge in [0, 0.05) is 35.6 Å². The number of nitro groups is 1. The van der Waals surface area contributed by atoms with Crippen LogP contribution in [0, 0.1) is 10.1 Å². The fraction of sp³-hybridized carbons (Fsp3) is 0.278. The van der Waals surface area contributed by atoms with Crippen LogP contribution < -0.4 is 5.32 Å². The van der Waals surface area contributed by atoms with E-state index in [1.807, 2.05) is 0 Å². The molecule has 1 aliphatic carbocycles. The molecule has 1 aromatic carbocycles. The first kappa shape index (κ1) is 16.2. The highest BCUT2D eigenvalue weighted by molar-refractivity contribution is 5.70. The van der Waals surface area contributed by atoms with Gasteiger partial charge in [-0.05, 0) is 37.1 Å². The fourth-order valence-electron chi connectivity index (χ4n) is 3.19. The standard InChI is InChI=1S/C18H17N5O3/c24-23(25)16-11-13(5-6-15(16)20-14-3-1-2-4-14)18-21-17(22-26-18)12-7-9-19-10-8-12/h5-11,14,20H,1-4H2. The minimum Gasteiger partial charge on any atom is -0.377 e. The molecule has 26 heavy (non-hydrogen) atoms. The molecule has 8 nitrogen and oxygen atoms in total. The van der Waals surface area contributed by atoms with Gasteiger partial charge in [-0.3, -0.25) is 15.1 Å². The van der Waals surface area contributed by atoms with Crippen molar-refractivity contribution in [2.24, 2.45) is 0 Å². The number of aromatic nitrogens is 3. The molecule has 0 spiro atoms. The predicted molar refractivity (Wildman–Crippen MR) is 95.5 cm³/mol. The van der Waals surface area contributed by atoms with Crippen molar-refractivity contribution >= 4 is 11.4 Å². The van der Waals surface area contributed by atoms with E-state index in [2.05, 4.69) is 20.4 Å². The Bertz CT molecular complexity index is 920. The summed E-state index contributed by atoms with van der Waals surface area (Å²) < 4.78 is 5.29. The lowest BCUT2D eigenvalue weighted by atomic mass is 10.1. The fourth-order valence-corrected chi connectivity index (χ4v) is 3.19. The number of nitrogens with one attached hydrogen (secondary N) is 1. The number of rotatable bonds is 5. The Kier molecular flexibility index (Phi) is 4.30. The molecule has 2 aromatic heterocycles. The molecule has 0 bridgehead atoms. The van der Waals surface area contributed by atoms with Crippen molar-refractivity contribution in [3.63, 3.8) is 0 Å². The largest absolute Gasteiger partial charge is 0.377 e. The Morgan fingerprint density at radius 1 is 1.12 bits per heavy atom. The Morgan fingerprint density at radius 2 is 1.88 bits per heavy atom. The summed E-state index contributed by atoms with van der Waals surface area (Å²) in [5.74, 6) is 0.658. The average Bonchev–Trinajstić information content (AvgIpc) is 3.34. The Balaban J connectivity index is 1.64. The summed E-state index contributed by atoms with van der Waals surface area (Å²) in [7, 11) is 0. The van der Waals surface area contributed by atoms with Crippen molar-refractivity contribution in [3.05, 3.63) is 52.8 Å². The monoisotopic (exact) mass is 351 g/mol. The second-order valence-electron chi connectivity index (χ2n) is 6.27. The molecular weight excluding hydrogens is 334 g/mol. The third-order valence-electron chi connectivity index (χ3n) is 4.52. The maximum absolute atomic E-state index is 11.5. The summed E-state index contributed by atoms with van der Waals surface area (Å²) in [6, 6.07) is 8.77. The number of hydrogen-bond donors (Lipinski definition) is 1. The first-order valence-electron chi connectivity index (χ1n) is 8.50. The van der Waals surface area contributed by atoms with Crippen molar-refractivity contribution in [3.8, 4) is 22.8 Å². The second-order valence-corrected chi connectivity index (χ2v) is 6.27. The molecule has 1 saturated carbocycles. The topological polar surface area (TPSA) is 107 Å². The summed E-state index contributed by atoms with van der Waals surface area (Å²) >= 11 is 0. The molecule has 1 fully saturated rings. The highest BCUT2D eigenvalue weighted by Gasteiger charge is 2.22. The number of hydrogen-bond acceptors (Lipinski definition) is 7. The van der Waals surface area contributed by atoms with Gasteiger partial charge < -0.3 is 9.84 Å². The summed E-state index contributed by atoms with van der Waals surface area (Å²) in [5, 5.41) is 18.7. The zero-order chi connectivity index (χ0) is 17.9. The molecule has 132 valence electrons. The minimum absolute atomic E-state index is 0.0121. The van der Waals surface area contributed by atoms with E-state index in [9.17, 15) is 10.1 Å². The van der Waals surface area contributed by atoms with Gasteiger partial charge in [-0.15, -0.1) is 0 Å². The van der Waals surface area contributed by atoms with E-state index >= 15 is 0 Å². The van der Waals surface area contributed by atoms with E-state index in [0.717, 1.165) is 31.2 Å². The van der Waals surface area contributed by atoms with Gasteiger partial charge in [0.1, 0.15) is 5.69 Å². The van der Waals surface area contributed by atoms with Gasteiger partial charge in [-0.2, -0.15) is 4.98 Å². The molecule has 4 rings (SSSR count). The molecule has 1 aliphatic rings. The third kappa shape index (κ3) is 3.26. The number of pyridine rings is 1.